The number of ether oxygens (including phenoxy) is 1. The van der Waals surface area contributed by atoms with Crippen LogP contribution in [0, 0.1) is 0 Å². The van der Waals surface area contributed by atoms with E-state index in [1.807, 2.05) is 78.9 Å². The van der Waals surface area contributed by atoms with Crippen LogP contribution in [-0.2, 0) is 0 Å². The van der Waals surface area contributed by atoms with Gasteiger partial charge in [0, 0.05) is 30.3 Å². The Hall–Kier alpha value is -4.25. The van der Waals surface area contributed by atoms with Crippen molar-refractivity contribution in [3.05, 3.63) is 114 Å². The molecule has 0 atom stereocenters. The maximum atomic E-state index is 12.4. The van der Waals surface area contributed by atoms with Gasteiger partial charge in [-0.1, -0.05) is 42.5 Å². The van der Waals surface area contributed by atoms with E-state index < -0.39 is 0 Å². The third kappa shape index (κ3) is 5.17. The third-order valence-corrected chi connectivity index (χ3v) is 4.29. The van der Waals surface area contributed by atoms with Crippen molar-refractivity contribution in [2.75, 3.05) is 5.32 Å². The number of nitrogens with zero attached hydrogens (tertiary/aromatic N) is 2. The van der Waals surface area contributed by atoms with E-state index in [1.165, 1.54) is 0 Å². The second-order valence-corrected chi connectivity index (χ2v) is 6.48. The number of benzene rings is 2. The fourth-order valence-electron chi connectivity index (χ4n) is 2.77. The summed E-state index contributed by atoms with van der Waals surface area (Å²) in [6, 6.07) is 24.2. The van der Waals surface area contributed by atoms with Gasteiger partial charge in [-0.25, -0.2) is 0 Å². The van der Waals surface area contributed by atoms with Gasteiger partial charge in [-0.05, 0) is 53.6 Å². The fraction of sp³-hybridized carbons (Fsp3) is 0. The smallest absolute Gasteiger partial charge is 0.274 e. The molecular weight excluding hydrogens is 374 g/mol. The lowest BCUT2D eigenvalue weighted by molar-refractivity contribution is 0.102. The van der Waals surface area contributed by atoms with Gasteiger partial charge in [0.05, 0.1) is 0 Å². The van der Waals surface area contributed by atoms with Gasteiger partial charge in [-0.15, -0.1) is 0 Å². The first-order chi connectivity index (χ1) is 14.8. The molecule has 30 heavy (non-hydrogen) atoms. The lowest BCUT2D eigenvalue weighted by Crippen LogP contribution is -2.13. The van der Waals surface area contributed by atoms with Gasteiger partial charge in [0.1, 0.15) is 17.2 Å². The first-order valence-electron chi connectivity index (χ1n) is 9.45. The highest BCUT2D eigenvalue weighted by Gasteiger charge is 2.09. The van der Waals surface area contributed by atoms with Gasteiger partial charge >= 0.3 is 0 Å². The van der Waals surface area contributed by atoms with Crippen molar-refractivity contribution in [3.8, 4) is 11.5 Å². The van der Waals surface area contributed by atoms with Crippen molar-refractivity contribution >= 4 is 23.7 Å². The average Bonchev–Trinajstić information content (AvgIpc) is 2.80. The molecule has 2 aromatic carbocycles. The van der Waals surface area contributed by atoms with Crippen molar-refractivity contribution in [1.82, 2.24) is 9.97 Å². The van der Waals surface area contributed by atoms with E-state index in [0.29, 0.717) is 17.2 Å². The molecule has 0 aliphatic carbocycles. The number of hydrogen-bond donors (Lipinski definition) is 1. The zero-order valence-electron chi connectivity index (χ0n) is 16.1. The Labute approximate surface area is 174 Å². The Kier molecular flexibility index (Phi) is 5.91. The number of carbonyl (C=O) groups excluding carboxylic acids is 1. The van der Waals surface area contributed by atoms with Crippen LogP contribution >= 0.6 is 0 Å². The molecule has 2 heterocycles. The summed E-state index contributed by atoms with van der Waals surface area (Å²) in [5.41, 5.74) is 3.14. The minimum Gasteiger partial charge on any atom is -0.457 e. The van der Waals surface area contributed by atoms with Crippen LogP contribution in [0.5, 0.6) is 11.5 Å². The molecule has 0 aliphatic rings. The molecule has 0 saturated carbocycles. The Morgan fingerprint density at radius 2 is 1.47 bits per heavy atom. The number of rotatable bonds is 6. The van der Waals surface area contributed by atoms with Gasteiger partial charge in [-0.2, -0.15) is 0 Å². The maximum absolute atomic E-state index is 12.4. The summed E-state index contributed by atoms with van der Waals surface area (Å²) < 4.78 is 5.88. The summed E-state index contributed by atoms with van der Waals surface area (Å²) in [6.45, 7) is 0. The molecule has 0 fully saturated rings. The SMILES string of the molecule is O=C(Nc1ccccc1)c1cc(Oc2ccc(/C=C/c3ccncc3)cc2)ccn1. The number of hydrogen-bond acceptors (Lipinski definition) is 4. The fourth-order valence-corrected chi connectivity index (χ4v) is 2.77. The number of pyridine rings is 2. The topological polar surface area (TPSA) is 64.1 Å². The zero-order valence-corrected chi connectivity index (χ0v) is 16.1. The summed E-state index contributed by atoms with van der Waals surface area (Å²) in [7, 11) is 0. The van der Waals surface area contributed by atoms with E-state index in [9.17, 15) is 4.79 Å². The molecule has 4 aromatic rings. The van der Waals surface area contributed by atoms with Crippen LogP contribution in [-0.4, -0.2) is 15.9 Å². The average molecular weight is 393 g/mol. The number of aromatic nitrogens is 2. The van der Waals surface area contributed by atoms with Crippen molar-refractivity contribution < 1.29 is 9.53 Å². The highest BCUT2D eigenvalue weighted by molar-refractivity contribution is 6.03. The summed E-state index contributed by atoms with van der Waals surface area (Å²) in [4.78, 5) is 20.6. The van der Waals surface area contributed by atoms with E-state index in [1.54, 1.807) is 30.7 Å². The van der Waals surface area contributed by atoms with E-state index >= 15 is 0 Å². The third-order valence-electron chi connectivity index (χ3n) is 4.29. The molecule has 0 saturated heterocycles. The molecule has 1 amide bonds. The summed E-state index contributed by atoms with van der Waals surface area (Å²) >= 11 is 0. The Morgan fingerprint density at radius 3 is 2.20 bits per heavy atom. The molecule has 0 radical (unpaired) electrons. The predicted octanol–water partition coefficient (Wildman–Crippen LogP) is 5.69. The molecule has 0 aliphatic heterocycles. The first kappa shape index (κ1) is 19.1. The van der Waals surface area contributed by atoms with E-state index in [2.05, 4.69) is 15.3 Å². The second kappa shape index (κ2) is 9.30. The van der Waals surface area contributed by atoms with Crippen LogP contribution in [0.3, 0.4) is 0 Å². The van der Waals surface area contributed by atoms with Crippen LogP contribution in [0.4, 0.5) is 5.69 Å². The largest absolute Gasteiger partial charge is 0.457 e. The summed E-state index contributed by atoms with van der Waals surface area (Å²) in [5.74, 6) is 0.934. The highest BCUT2D eigenvalue weighted by atomic mass is 16.5. The molecule has 1 N–H and O–H groups in total. The molecule has 0 bridgehead atoms. The van der Waals surface area contributed by atoms with Crippen molar-refractivity contribution in [2.24, 2.45) is 0 Å². The standard InChI is InChI=1S/C25H19N3O2/c29-25(28-21-4-2-1-3-5-21)24-18-23(14-17-27-24)30-22-10-8-19(9-11-22)6-7-20-12-15-26-16-13-20/h1-18H,(H,28,29)/b7-6+. The quantitative estimate of drug-likeness (QED) is 0.457. The number of carbonyl (C=O) groups is 1. The van der Waals surface area contributed by atoms with Crippen LogP contribution in [0.25, 0.3) is 12.2 Å². The van der Waals surface area contributed by atoms with Gasteiger partial charge in [0.15, 0.2) is 0 Å². The summed E-state index contributed by atoms with van der Waals surface area (Å²) in [6.07, 6.45) is 9.13. The Balaban J connectivity index is 1.41. The predicted molar refractivity (Wildman–Crippen MR) is 118 cm³/mol. The number of anilines is 1. The van der Waals surface area contributed by atoms with Crippen LogP contribution in [0.15, 0.2) is 97.5 Å². The molecule has 4 rings (SSSR count). The van der Waals surface area contributed by atoms with Crippen molar-refractivity contribution in [2.45, 2.75) is 0 Å². The Bertz CT molecular complexity index is 1140. The van der Waals surface area contributed by atoms with Gasteiger partial charge in [-0.3, -0.25) is 14.8 Å². The minimum atomic E-state index is -0.289. The van der Waals surface area contributed by atoms with Gasteiger partial charge < -0.3 is 10.1 Å². The summed E-state index contributed by atoms with van der Waals surface area (Å²) in [5, 5.41) is 2.82. The molecule has 0 spiro atoms. The Morgan fingerprint density at radius 1 is 0.767 bits per heavy atom. The second-order valence-electron chi connectivity index (χ2n) is 6.48. The monoisotopic (exact) mass is 393 g/mol. The highest BCUT2D eigenvalue weighted by Crippen LogP contribution is 2.23. The molecule has 5 heteroatoms. The zero-order chi connectivity index (χ0) is 20.6. The van der Waals surface area contributed by atoms with Crippen molar-refractivity contribution in [1.29, 1.82) is 0 Å². The maximum Gasteiger partial charge on any atom is 0.274 e. The van der Waals surface area contributed by atoms with E-state index in [-0.39, 0.29) is 11.6 Å². The van der Waals surface area contributed by atoms with Gasteiger partial charge in [0.25, 0.3) is 5.91 Å². The minimum absolute atomic E-state index is 0.285. The lowest BCUT2D eigenvalue weighted by atomic mass is 10.1. The van der Waals surface area contributed by atoms with Crippen LogP contribution in [0.1, 0.15) is 21.6 Å². The lowest BCUT2D eigenvalue weighted by Gasteiger charge is -2.08. The molecule has 0 unspecified atom stereocenters. The molecule has 146 valence electrons. The van der Waals surface area contributed by atoms with Crippen molar-refractivity contribution in [3.63, 3.8) is 0 Å². The molecule has 5 nitrogen and oxygen atoms in total. The van der Waals surface area contributed by atoms with E-state index in [0.717, 1.165) is 11.1 Å². The molecular formula is C25H19N3O2. The normalized spacial score (nSPS) is 10.7. The first-order valence-corrected chi connectivity index (χ1v) is 9.45. The number of nitrogens with one attached hydrogen (secondary N) is 1. The van der Waals surface area contributed by atoms with Gasteiger partial charge in [0.2, 0.25) is 0 Å². The van der Waals surface area contributed by atoms with E-state index in [4.69, 9.17) is 4.74 Å². The van der Waals surface area contributed by atoms with Crippen LogP contribution in [0.2, 0.25) is 0 Å². The molecule has 2 aromatic heterocycles. The number of para-hydroxylation sites is 1. The number of amides is 1. The van der Waals surface area contributed by atoms with Crippen LogP contribution < -0.4 is 10.1 Å².